The topological polar surface area (TPSA) is 85.4 Å². The van der Waals surface area contributed by atoms with Crippen molar-refractivity contribution in [2.45, 2.75) is 71.6 Å². The van der Waals surface area contributed by atoms with E-state index in [1.165, 1.54) is 0 Å². The molecule has 0 bridgehead atoms. The molecular weight excluding hydrogens is 450 g/mol. The highest BCUT2D eigenvalue weighted by molar-refractivity contribution is 7.90. The first-order valence-electron chi connectivity index (χ1n) is 11.7. The summed E-state index contributed by atoms with van der Waals surface area (Å²) in [6.07, 6.45) is 3.57. The summed E-state index contributed by atoms with van der Waals surface area (Å²) in [7, 11) is -3.68. The molecule has 0 aliphatic heterocycles. The average Bonchev–Trinajstić information content (AvgIpc) is 3.37. The molecule has 1 amide bonds. The van der Waals surface area contributed by atoms with Gasteiger partial charge >= 0.3 is 0 Å². The average molecular weight is 486 g/mol. The van der Waals surface area contributed by atoms with Gasteiger partial charge in [-0.25, -0.2) is 13.4 Å². The minimum Gasteiger partial charge on any atom is -0.467 e. The molecule has 0 radical (unpaired) electrons. The second-order valence-electron chi connectivity index (χ2n) is 9.71. The molecule has 0 atom stereocenters. The smallest absolute Gasteiger partial charge is 0.228 e. The number of carbonyl (C=O) groups excluding carboxylic acids is 1. The maximum Gasteiger partial charge on any atom is 0.228 e. The first kappa shape index (κ1) is 25.7. The molecule has 2 aromatic heterocycles. The highest BCUT2D eigenvalue weighted by atomic mass is 32.2. The van der Waals surface area contributed by atoms with Crippen LogP contribution in [0.1, 0.15) is 56.7 Å². The number of furan rings is 1. The van der Waals surface area contributed by atoms with Crippen LogP contribution < -0.4 is 0 Å². The lowest BCUT2D eigenvalue weighted by atomic mass is 10.1. The number of sulfone groups is 1. The zero-order valence-corrected chi connectivity index (χ0v) is 21.5. The Morgan fingerprint density at radius 2 is 1.85 bits per heavy atom. The number of aryl methyl sites for hydroxylation is 1. The first-order valence-corrected chi connectivity index (χ1v) is 13.3. The molecule has 3 aromatic rings. The molecule has 34 heavy (non-hydrogen) atoms. The van der Waals surface area contributed by atoms with Crippen molar-refractivity contribution in [2.24, 2.45) is 11.8 Å². The van der Waals surface area contributed by atoms with Crippen molar-refractivity contribution in [3.8, 4) is 0 Å². The van der Waals surface area contributed by atoms with Gasteiger partial charge in [-0.3, -0.25) is 4.79 Å². The number of hydrogen-bond acceptors (Lipinski definition) is 5. The fourth-order valence-electron chi connectivity index (χ4n) is 3.91. The molecule has 0 saturated heterocycles. The molecular formula is C26H35N3O4S. The second kappa shape index (κ2) is 11.0. The SMILES string of the molecule is Cc1cccc(CS(=O)(=O)c2ncc(CN(Cc3ccco3)C(=O)CC(C)C)n2CC(C)C)c1. The minimum atomic E-state index is -3.68. The van der Waals surface area contributed by atoms with Crippen LogP contribution in [0, 0.1) is 18.8 Å². The van der Waals surface area contributed by atoms with Gasteiger partial charge in [0.2, 0.25) is 20.9 Å². The molecule has 0 spiro atoms. The fourth-order valence-corrected chi connectivity index (χ4v) is 5.40. The van der Waals surface area contributed by atoms with Gasteiger partial charge in [-0.1, -0.05) is 57.5 Å². The summed E-state index contributed by atoms with van der Waals surface area (Å²) < 4.78 is 34.0. The van der Waals surface area contributed by atoms with Gasteiger partial charge < -0.3 is 13.9 Å². The van der Waals surface area contributed by atoms with Crippen molar-refractivity contribution in [1.82, 2.24) is 14.5 Å². The van der Waals surface area contributed by atoms with Crippen LogP contribution in [-0.2, 0) is 40.0 Å². The Morgan fingerprint density at radius 3 is 2.47 bits per heavy atom. The van der Waals surface area contributed by atoms with Crippen LogP contribution in [0.2, 0.25) is 0 Å². The van der Waals surface area contributed by atoms with Crippen molar-refractivity contribution in [1.29, 1.82) is 0 Å². The van der Waals surface area contributed by atoms with Crippen LogP contribution in [0.3, 0.4) is 0 Å². The zero-order valence-electron chi connectivity index (χ0n) is 20.7. The Kier molecular flexibility index (Phi) is 8.36. The molecule has 7 nitrogen and oxygen atoms in total. The molecule has 3 rings (SSSR count). The monoisotopic (exact) mass is 485 g/mol. The van der Waals surface area contributed by atoms with Crippen molar-refractivity contribution < 1.29 is 17.6 Å². The van der Waals surface area contributed by atoms with Gasteiger partial charge in [-0.2, -0.15) is 0 Å². The Hall–Kier alpha value is -2.87. The molecule has 8 heteroatoms. The van der Waals surface area contributed by atoms with Gasteiger partial charge in [0.25, 0.3) is 0 Å². The van der Waals surface area contributed by atoms with E-state index in [0.29, 0.717) is 31.0 Å². The summed E-state index contributed by atoms with van der Waals surface area (Å²) >= 11 is 0. The Balaban J connectivity index is 1.94. The van der Waals surface area contributed by atoms with Crippen LogP contribution in [0.25, 0.3) is 0 Å². The van der Waals surface area contributed by atoms with Gasteiger partial charge in [0.1, 0.15) is 5.76 Å². The Labute approximate surface area is 202 Å². The molecule has 2 heterocycles. The normalized spacial score (nSPS) is 12.0. The number of nitrogens with zero attached hydrogens (tertiary/aromatic N) is 3. The number of imidazole rings is 1. The number of carbonyl (C=O) groups is 1. The number of rotatable bonds is 11. The van der Waals surface area contributed by atoms with Crippen LogP contribution in [0.5, 0.6) is 0 Å². The summed E-state index contributed by atoms with van der Waals surface area (Å²) in [5.74, 6) is 0.960. The van der Waals surface area contributed by atoms with Gasteiger partial charge in [0.15, 0.2) is 0 Å². The maximum atomic E-state index is 13.4. The predicted octanol–water partition coefficient (Wildman–Crippen LogP) is 4.99. The summed E-state index contributed by atoms with van der Waals surface area (Å²) in [6, 6.07) is 11.1. The Morgan fingerprint density at radius 1 is 1.09 bits per heavy atom. The molecule has 0 fully saturated rings. The molecule has 0 N–H and O–H groups in total. The molecule has 0 aliphatic rings. The molecule has 0 unspecified atom stereocenters. The third-order valence-electron chi connectivity index (χ3n) is 5.38. The van der Waals surface area contributed by atoms with E-state index in [1.54, 1.807) is 28.0 Å². The first-order chi connectivity index (χ1) is 16.0. The standard InChI is InChI=1S/C26H35N3O4S/c1-19(2)12-25(30)28(17-24-10-7-11-33-24)16-23-14-27-26(29(23)15-20(3)4)34(31,32)18-22-9-6-8-21(5)13-22/h6-11,13-14,19-20H,12,15-18H2,1-5H3. The predicted molar refractivity (Wildman–Crippen MR) is 132 cm³/mol. The van der Waals surface area contributed by atoms with E-state index >= 15 is 0 Å². The quantitative estimate of drug-likeness (QED) is 0.382. The highest BCUT2D eigenvalue weighted by Crippen LogP contribution is 2.22. The molecule has 0 saturated carbocycles. The molecule has 184 valence electrons. The largest absolute Gasteiger partial charge is 0.467 e. The summed E-state index contributed by atoms with van der Waals surface area (Å²) in [5, 5.41) is 0.0481. The molecule has 0 aliphatic carbocycles. The van der Waals surface area contributed by atoms with E-state index in [4.69, 9.17) is 4.42 Å². The van der Waals surface area contributed by atoms with E-state index in [9.17, 15) is 13.2 Å². The zero-order chi connectivity index (χ0) is 24.9. The van der Waals surface area contributed by atoms with Crippen LogP contribution >= 0.6 is 0 Å². The number of amides is 1. The van der Waals surface area contributed by atoms with Gasteiger partial charge in [0, 0.05) is 13.0 Å². The number of aromatic nitrogens is 2. The van der Waals surface area contributed by atoms with Crippen molar-refractivity contribution >= 4 is 15.7 Å². The summed E-state index contributed by atoms with van der Waals surface area (Å²) in [4.78, 5) is 19.1. The van der Waals surface area contributed by atoms with Crippen molar-refractivity contribution in [3.05, 3.63) is 71.4 Å². The lowest BCUT2D eigenvalue weighted by Gasteiger charge is -2.24. The van der Waals surface area contributed by atoms with Gasteiger partial charge in [-0.15, -0.1) is 0 Å². The third kappa shape index (κ3) is 6.82. The lowest BCUT2D eigenvalue weighted by Crippen LogP contribution is -2.32. The lowest BCUT2D eigenvalue weighted by molar-refractivity contribution is -0.133. The van der Waals surface area contributed by atoms with E-state index in [2.05, 4.69) is 4.98 Å². The second-order valence-corrected chi connectivity index (χ2v) is 11.6. The van der Waals surface area contributed by atoms with Gasteiger partial charge in [-0.05, 0) is 36.5 Å². The van der Waals surface area contributed by atoms with E-state index in [0.717, 1.165) is 11.1 Å². The third-order valence-corrected chi connectivity index (χ3v) is 6.98. The summed E-state index contributed by atoms with van der Waals surface area (Å²) in [6.45, 7) is 11.1. The number of benzene rings is 1. The van der Waals surface area contributed by atoms with Crippen LogP contribution in [-0.4, -0.2) is 28.8 Å². The highest BCUT2D eigenvalue weighted by Gasteiger charge is 2.26. The van der Waals surface area contributed by atoms with Gasteiger partial charge in [0.05, 0.1) is 37.0 Å². The summed E-state index contributed by atoms with van der Waals surface area (Å²) in [5.41, 5.74) is 2.43. The van der Waals surface area contributed by atoms with E-state index < -0.39 is 9.84 Å². The van der Waals surface area contributed by atoms with E-state index in [-0.39, 0.29) is 35.2 Å². The van der Waals surface area contributed by atoms with Crippen LogP contribution in [0.4, 0.5) is 0 Å². The number of hydrogen-bond donors (Lipinski definition) is 0. The molecule has 1 aromatic carbocycles. The Bertz CT molecular complexity index is 1190. The minimum absolute atomic E-state index is 0.00661. The van der Waals surface area contributed by atoms with Crippen molar-refractivity contribution in [3.63, 3.8) is 0 Å². The van der Waals surface area contributed by atoms with Crippen LogP contribution in [0.15, 0.2) is 58.4 Å². The van der Waals surface area contributed by atoms with E-state index in [1.807, 2.05) is 65.0 Å². The maximum absolute atomic E-state index is 13.4. The van der Waals surface area contributed by atoms with Crippen molar-refractivity contribution in [2.75, 3.05) is 0 Å². The fraction of sp³-hybridized carbons (Fsp3) is 0.462.